The molecule has 2 aromatic carbocycles. The third kappa shape index (κ3) is 5.63. The quantitative estimate of drug-likeness (QED) is 0.612. The molecule has 0 amide bonds. The summed E-state index contributed by atoms with van der Waals surface area (Å²) in [6.45, 7) is 6.07. The molecule has 3 rings (SSSR count). The molecule has 1 fully saturated rings. The highest BCUT2D eigenvalue weighted by Gasteiger charge is 2.26. The van der Waals surface area contributed by atoms with Crippen molar-refractivity contribution in [2.45, 2.75) is 56.5 Å². The zero-order chi connectivity index (χ0) is 21.7. The van der Waals surface area contributed by atoms with Gasteiger partial charge >= 0.3 is 0 Å². The van der Waals surface area contributed by atoms with Crippen molar-refractivity contribution >= 4 is 10.0 Å². The van der Waals surface area contributed by atoms with E-state index in [1.807, 2.05) is 0 Å². The van der Waals surface area contributed by atoms with Crippen LogP contribution in [0.1, 0.15) is 39.5 Å². The molecule has 0 unspecified atom stereocenters. The molecule has 8 heteroatoms. The Bertz CT molecular complexity index is 939. The van der Waals surface area contributed by atoms with Crippen LogP contribution >= 0.6 is 0 Å². The highest BCUT2D eigenvalue weighted by Crippen LogP contribution is 2.26. The van der Waals surface area contributed by atoms with E-state index in [9.17, 15) is 17.2 Å². The Kier molecular flexibility index (Phi) is 7.57. The van der Waals surface area contributed by atoms with Crippen LogP contribution in [0.4, 0.5) is 8.78 Å². The Morgan fingerprint density at radius 3 is 2.10 bits per heavy atom. The van der Waals surface area contributed by atoms with E-state index in [4.69, 9.17) is 0 Å². The molecule has 164 valence electrons. The number of sulfonamides is 1. The molecule has 2 aromatic rings. The Morgan fingerprint density at radius 2 is 1.53 bits per heavy atom. The van der Waals surface area contributed by atoms with Crippen molar-refractivity contribution in [1.82, 2.24) is 15.2 Å². The average Bonchev–Trinajstić information content (AvgIpc) is 2.73. The number of nitrogens with one attached hydrogen (secondary N) is 2. The van der Waals surface area contributed by atoms with E-state index in [0.717, 1.165) is 44.8 Å². The van der Waals surface area contributed by atoms with E-state index in [-0.39, 0.29) is 16.5 Å². The maximum atomic E-state index is 14.0. The van der Waals surface area contributed by atoms with Gasteiger partial charge in [-0.1, -0.05) is 26.0 Å². The molecule has 0 radical (unpaired) electrons. The SMILES string of the molecule is CCN(CC)NC1CCC(NS(=O)(=O)c2ccc(-c3ccc(F)cc3F)cc2)CC1. The average molecular weight is 438 g/mol. The molecule has 1 saturated carbocycles. The van der Waals surface area contributed by atoms with Crippen molar-refractivity contribution in [2.75, 3.05) is 13.1 Å². The topological polar surface area (TPSA) is 61.4 Å². The predicted octanol–water partition coefficient (Wildman–Crippen LogP) is 4.07. The van der Waals surface area contributed by atoms with Crippen LogP contribution in [0.5, 0.6) is 0 Å². The van der Waals surface area contributed by atoms with Crippen molar-refractivity contribution in [3.63, 3.8) is 0 Å². The number of rotatable bonds is 8. The fraction of sp³-hybridized carbons (Fsp3) is 0.455. The van der Waals surface area contributed by atoms with E-state index in [2.05, 4.69) is 29.0 Å². The van der Waals surface area contributed by atoms with Crippen LogP contribution in [0.15, 0.2) is 47.4 Å². The standard InChI is InChI=1S/C22H29F2N3O2S/c1-3-27(4-2)25-18-8-10-19(11-9-18)26-30(28,29)20-12-5-16(6-13-20)21-14-7-17(23)15-22(21)24/h5-7,12-15,18-19,25-26H,3-4,8-11H2,1-2H3. The minimum atomic E-state index is -3.66. The Hall–Kier alpha value is -1.87. The molecule has 0 aromatic heterocycles. The van der Waals surface area contributed by atoms with Gasteiger partial charge in [0.2, 0.25) is 10.0 Å². The lowest BCUT2D eigenvalue weighted by atomic mass is 9.92. The number of halogens is 2. The van der Waals surface area contributed by atoms with E-state index in [0.29, 0.717) is 11.6 Å². The molecule has 2 N–H and O–H groups in total. The second kappa shape index (κ2) is 9.96. The van der Waals surface area contributed by atoms with E-state index in [1.54, 1.807) is 0 Å². The number of hydrogen-bond acceptors (Lipinski definition) is 4. The van der Waals surface area contributed by atoms with Crippen LogP contribution in [-0.2, 0) is 10.0 Å². The lowest BCUT2D eigenvalue weighted by Crippen LogP contribution is -2.48. The highest BCUT2D eigenvalue weighted by molar-refractivity contribution is 7.89. The lowest BCUT2D eigenvalue weighted by Gasteiger charge is -2.33. The molecule has 0 atom stereocenters. The maximum absolute atomic E-state index is 14.0. The second-order valence-corrected chi connectivity index (χ2v) is 9.33. The molecular weight excluding hydrogens is 408 g/mol. The van der Waals surface area contributed by atoms with Gasteiger partial charge in [-0.3, -0.25) is 5.43 Å². The summed E-state index contributed by atoms with van der Waals surface area (Å²) >= 11 is 0. The van der Waals surface area contributed by atoms with Crippen LogP contribution in [0, 0.1) is 11.6 Å². The number of hydrazine groups is 1. The summed E-state index contributed by atoms with van der Waals surface area (Å²) in [5.41, 5.74) is 4.23. The molecule has 0 saturated heterocycles. The number of benzene rings is 2. The Morgan fingerprint density at radius 1 is 0.933 bits per heavy atom. The van der Waals surface area contributed by atoms with Gasteiger partial charge in [0.05, 0.1) is 4.90 Å². The summed E-state index contributed by atoms with van der Waals surface area (Å²) in [6, 6.07) is 9.59. The zero-order valence-electron chi connectivity index (χ0n) is 17.4. The van der Waals surface area contributed by atoms with Crippen LogP contribution in [0.3, 0.4) is 0 Å². The first-order valence-electron chi connectivity index (χ1n) is 10.4. The van der Waals surface area contributed by atoms with E-state index in [1.165, 1.54) is 36.4 Å². The molecule has 5 nitrogen and oxygen atoms in total. The summed E-state index contributed by atoms with van der Waals surface area (Å²) in [4.78, 5) is 0.136. The molecule has 0 bridgehead atoms. The van der Waals surface area contributed by atoms with Crippen LogP contribution in [0.25, 0.3) is 11.1 Å². The lowest BCUT2D eigenvalue weighted by molar-refractivity contribution is 0.148. The van der Waals surface area contributed by atoms with Crippen molar-refractivity contribution in [2.24, 2.45) is 0 Å². The van der Waals surface area contributed by atoms with Gasteiger partial charge in [-0.2, -0.15) is 0 Å². The van der Waals surface area contributed by atoms with E-state index < -0.39 is 21.7 Å². The molecule has 0 heterocycles. The van der Waals surface area contributed by atoms with Gasteiger partial charge in [0.1, 0.15) is 11.6 Å². The summed E-state index contributed by atoms with van der Waals surface area (Å²) in [5, 5.41) is 2.17. The van der Waals surface area contributed by atoms with Crippen molar-refractivity contribution < 1.29 is 17.2 Å². The van der Waals surface area contributed by atoms with Crippen molar-refractivity contribution in [3.8, 4) is 11.1 Å². The molecule has 0 spiro atoms. The Labute approximate surface area is 177 Å². The van der Waals surface area contributed by atoms with Gasteiger partial charge in [-0.05, 0) is 55.5 Å². The van der Waals surface area contributed by atoms with Crippen LogP contribution in [-0.4, -0.2) is 38.6 Å². The van der Waals surface area contributed by atoms with Gasteiger partial charge in [-0.15, -0.1) is 0 Å². The zero-order valence-corrected chi connectivity index (χ0v) is 18.2. The van der Waals surface area contributed by atoms with Gasteiger partial charge in [0.25, 0.3) is 0 Å². The fourth-order valence-corrected chi connectivity index (χ4v) is 5.13. The summed E-state index contributed by atoms with van der Waals surface area (Å²) < 4.78 is 55.4. The minimum Gasteiger partial charge on any atom is -0.252 e. The summed E-state index contributed by atoms with van der Waals surface area (Å²) in [6.07, 6.45) is 3.37. The van der Waals surface area contributed by atoms with Crippen molar-refractivity contribution in [1.29, 1.82) is 0 Å². The fourth-order valence-electron chi connectivity index (χ4n) is 3.83. The largest absolute Gasteiger partial charge is 0.252 e. The highest BCUT2D eigenvalue weighted by atomic mass is 32.2. The number of hydrogen-bond donors (Lipinski definition) is 2. The number of nitrogens with zero attached hydrogens (tertiary/aromatic N) is 1. The first-order chi connectivity index (χ1) is 14.3. The normalized spacial score (nSPS) is 19.9. The van der Waals surface area contributed by atoms with Gasteiger partial charge in [0, 0.05) is 36.8 Å². The van der Waals surface area contributed by atoms with Crippen LogP contribution in [0.2, 0.25) is 0 Å². The van der Waals surface area contributed by atoms with E-state index >= 15 is 0 Å². The van der Waals surface area contributed by atoms with Gasteiger partial charge < -0.3 is 0 Å². The smallest absolute Gasteiger partial charge is 0.240 e. The first-order valence-corrected chi connectivity index (χ1v) is 11.9. The maximum Gasteiger partial charge on any atom is 0.240 e. The second-order valence-electron chi connectivity index (χ2n) is 7.62. The minimum absolute atomic E-state index is 0.0982. The predicted molar refractivity (Wildman–Crippen MR) is 114 cm³/mol. The third-order valence-corrected chi connectivity index (χ3v) is 7.12. The third-order valence-electron chi connectivity index (χ3n) is 5.58. The van der Waals surface area contributed by atoms with Crippen molar-refractivity contribution in [3.05, 3.63) is 54.1 Å². The molecule has 1 aliphatic rings. The van der Waals surface area contributed by atoms with Gasteiger partial charge in [0.15, 0.2) is 0 Å². The summed E-state index contributed by atoms with van der Waals surface area (Å²) in [5.74, 6) is -1.33. The summed E-state index contributed by atoms with van der Waals surface area (Å²) in [7, 11) is -3.66. The molecule has 30 heavy (non-hydrogen) atoms. The molecule has 0 aliphatic heterocycles. The first kappa shape index (κ1) is 22.8. The van der Waals surface area contributed by atoms with Crippen LogP contribution < -0.4 is 10.1 Å². The monoisotopic (exact) mass is 437 g/mol. The molecule has 1 aliphatic carbocycles. The molecular formula is C22H29F2N3O2S. The Balaban J connectivity index is 1.61. The van der Waals surface area contributed by atoms with Gasteiger partial charge in [-0.25, -0.2) is 26.9 Å².